The number of aromatic hydroxyl groups is 1. The van der Waals surface area contributed by atoms with Crippen LogP contribution < -0.4 is 0 Å². The van der Waals surface area contributed by atoms with Crippen LogP contribution in [0.15, 0.2) is 24.3 Å². The molecule has 1 atom stereocenters. The van der Waals surface area contributed by atoms with E-state index in [0.29, 0.717) is 0 Å². The third-order valence-corrected chi connectivity index (χ3v) is 2.07. The van der Waals surface area contributed by atoms with Crippen LogP contribution in [-0.4, -0.2) is 22.4 Å². The molecule has 88 valence electrons. The normalized spacial score (nSPS) is 13.4. The standard InChI is InChI=1S/C10H9F3O3/c11-10(12,13)8(9(15)16)5-6-1-3-7(14)4-2-6/h1-4,8,14H,5H2,(H,15,16). The Balaban J connectivity index is 2.84. The van der Waals surface area contributed by atoms with Gasteiger partial charge < -0.3 is 10.2 Å². The summed E-state index contributed by atoms with van der Waals surface area (Å²) in [5.41, 5.74) is 0.211. The van der Waals surface area contributed by atoms with Gasteiger partial charge >= 0.3 is 12.1 Å². The molecule has 0 aliphatic rings. The first-order valence-electron chi connectivity index (χ1n) is 4.38. The zero-order valence-corrected chi connectivity index (χ0v) is 8.03. The number of alkyl halides is 3. The number of carboxylic acid groups (broad SMARTS) is 1. The Kier molecular flexibility index (Phi) is 3.41. The van der Waals surface area contributed by atoms with Crippen molar-refractivity contribution in [2.75, 3.05) is 0 Å². The molecule has 1 rings (SSSR count). The van der Waals surface area contributed by atoms with Crippen molar-refractivity contribution < 1.29 is 28.2 Å². The Morgan fingerprint density at radius 3 is 2.12 bits per heavy atom. The first-order valence-corrected chi connectivity index (χ1v) is 4.38. The van der Waals surface area contributed by atoms with E-state index in [-0.39, 0.29) is 11.3 Å². The monoisotopic (exact) mass is 234 g/mol. The number of hydrogen-bond acceptors (Lipinski definition) is 2. The molecule has 3 nitrogen and oxygen atoms in total. The van der Waals surface area contributed by atoms with Gasteiger partial charge in [0.05, 0.1) is 0 Å². The molecule has 2 N–H and O–H groups in total. The summed E-state index contributed by atoms with van der Waals surface area (Å²) >= 11 is 0. The van der Waals surface area contributed by atoms with Gasteiger partial charge in [-0.3, -0.25) is 4.79 Å². The van der Waals surface area contributed by atoms with E-state index in [9.17, 15) is 18.0 Å². The van der Waals surface area contributed by atoms with E-state index in [1.807, 2.05) is 0 Å². The maximum atomic E-state index is 12.3. The van der Waals surface area contributed by atoms with Gasteiger partial charge in [0.25, 0.3) is 0 Å². The van der Waals surface area contributed by atoms with Crippen LogP contribution in [0.3, 0.4) is 0 Å². The van der Waals surface area contributed by atoms with Gasteiger partial charge in [0.1, 0.15) is 5.75 Å². The van der Waals surface area contributed by atoms with Crippen LogP contribution in [0.4, 0.5) is 13.2 Å². The molecule has 0 fully saturated rings. The zero-order valence-electron chi connectivity index (χ0n) is 8.03. The fourth-order valence-electron chi connectivity index (χ4n) is 1.21. The van der Waals surface area contributed by atoms with Crippen LogP contribution in [0.5, 0.6) is 5.75 Å². The number of phenols is 1. The van der Waals surface area contributed by atoms with Gasteiger partial charge in [0, 0.05) is 0 Å². The molecule has 0 aliphatic carbocycles. The lowest BCUT2D eigenvalue weighted by atomic mass is 9.99. The summed E-state index contributed by atoms with van der Waals surface area (Å²) in [6.45, 7) is 0. The fraction of sp³-hybridized carbons (Fsp3) is 0.300. The molecule has 6 heteroatoms. The highest BCUT2D eigenvalue weighted by atomic mass is 19.4. The lowest BCUT2D eigenvalue weighted by Crippen LogP contribution is -2.32. The molecule has 16 heavy (non-hydrogen) atoms. The molecule has 1 aromatic rings. The van der Waals surface area contributed by atoms with Crippen LogP contribution in [0, 0.1) is 5.92 Å². The Labute approximate surface area is 89.1 Å². The summed E-state index contributed by atoms with van der Waals surface area (Å²) in [5.74, 6) is -4.40. The van der Waals surface area contributed by atoms with Crippen molar-refractivity contribution in [1.29, 1.82) is 0 Å². The Bertz CT molecular complexity index is 370. The molecule has 0 aliphatic heterocycles. The minimum Gasteiger partial charge on any atom is -0.508 e. The number of hydrogen-bond donors (Lipinski definition) is 2. The van der Waals surface area contributed by atoms with Gasteiger partial charge in [0.2, 0.25) is 0 Å². The second-order valence-corrected chi connectivity index (χ2v) is 3.30. The molecular formula is C10H9F3O3. The summed E-state index contributed by atoms with van der Waals surface area (Å²) in [4.78, 5) is 10.4. The van der Waals surface area contributed by atoms with E-state index < -0.39 is 24.5 Å². The van der Waals surface area contributed by atoms with Crippen molar-refractivity contribution in [2.24, 2.45) is 5.92 Å². The summed E-state index contributed by atoms with van der Waals surface area (Å²) in [5, 5.41) is 17.4. The minimum absolute atomic E-state index is 0.0809. The highest BCUT2D eigenvalue weighted by molar-refractivity contribution is 5.71. The van der Waals surface area contributed by atoms with Crippen molar-refractivity contribution in [3.63, 3.8) is 0 Å². The first kappa shape index (κ1) is 12.4. The first-order chi connectivity index (χ1) is 7.30. The molecule has 0 radical (unpaired) electrons. The molecule has 0 saturated heterocycles. The average molecular weight is 234 g/mol. The van der Waals surface area contributed by atoms with Gasteiger partial charge in [-0.05, 0) is 24.1 Å². The minimum atomic E-state index is -4.77. The highest BCUT2D eigenvalue weighted by Crippen LogP contribution is 2.29. The summed E-state index contributed by atoms with van der Waals surface area (Å²) in [6, 6.07) is 4.95. The largest absolute Gasteiger partial charge is 0.508 e. The fourth-order valence-corrected chi connectivity index (χ4v) is 1.21. The predicted octanol–water partition coefficient (Wildman–Crippen LogP) is 2.20. The number of rotatable bonds is 3. The number of phenolic OH excluding ortho intramolecular Hbond substituents is 1. The third-order valence-electron chi connectivity index (χ3n) is 2.07. The number of carboxylic acids is 1. The third kappa shape index (κ3) is 3.15. The van der Waals surface area contributed by atoms with Crippen LogP contribution >= 0.6 is 0 Å². The van der Waals surface area contributed by atoms with Gasteiger partial charge in [-0.1, -0.05) is 12.1 Å². The molecule has 0 heterocycles. The molecule has 1 unspecified atom stereocenters. The maximum absolute atomic E-state index is 12.3. The number of aliphatic carboxylic acids is 1. The second kappa shape index (κ2) is 4.42. The van der Waals surface area contributed by atoms with Crippen molar-refractivity contribution >= 4 is 5.97 Å². The van der Waals surface area contributed by atoms with E-state index in [0.717, 1.165) is 0 Å². The van der Waals surface area contributed by atoms with Crippen LogP contribution in [-0.2, 0) is 11.2 Å². The number of benzene rings is 1. The second-order valence-electron chi connectivity index (χ2n) is 3.30. The van der Waals surface area contributed by atoms with E-state index in [1.54, 1.807) is 0 Å². The van der Waals surface area contributed by atoms with E-state index in [1.165, 1.54) is 24.3 Å². The van der Waals surface area contributed by atoms with Gasteiger partial charge in [-0.25, -0.2) is 0 Å². The van der Waals surface area contributed by atoms with Crippen molar-refractivity contribution in [1.82, 2.24) is 0 Å². The molecule has 0 amide bonds. The van der Waals surface area contributed by atoms with Crippen LogP contribution in [0.25, 0.3) is 0 Å². The molecule has 0 aromatic heterocycles. The SMILES string of the molecule is O=C(O)C(Cc1ccc(O)cc1)C(F)(F)F. The van der Waals surface area contributed by atoms with E-state index in [4.69, 9.17) is 10.2 Å². The number of carbonyl (C=O) groups is 1. The van der Waals surface area contributed by atoms with E-state index >= 15 is 0 Å². The lowest BCUT2D eigenvalue weighted by Gasteiger charge is -2.15. The Hall–Kier alpha value is -1.72. The van der Waals surface area contributed by atoms with Crippen molar-refractivity contribution in [3.05, 3.63) is 29.8 Å². The average Bonchev–Trinajstić information content (AvgIpc) is 2.14. The topological polar surface area (TPSA) is 57.5 Å². The van der Waals surface area contributed by atoms with Crippen molar-refractivity contribution in [3.8, 4) is 5.75 Å². The molecule has 1 aromatic carbocycles. The van der Waals surface area contributed by atoms with Gasteiger partial charge in [-0.2, -0.15) is 13.2 Å². The van der Waals surface area contributed by atoms with Gasteiger partial charge in [0.15, 0.2) is 5.92 Å². The van der Waals surface area contributed by atoms with E-state index in [2.05, 4.69) is 0 Å². The zero-order chi connectivity index (χ0) is 12.3. The summed E-state index contributed by atoms with van der Waals surface area (Å²) < 4.78 is 36.9. The Morgan fingerprint density at radius 2 is 1.75 bits per heavy atom. The lowest BCUT2D eigenvalue weighted by molar-refractivity contribution is -0.193. The quantitative estimate of drug-likeness (QED) is 0.842. The molecule has 0 spiro atoms. The maximum Gasteiger partial charge on any atom is 0.402 e. The van der Waals surface area contributed by atoms with Crippen molar-refractivity contribution in [2.45, 2.75) is 12.6 Å². The highest BCUT2D eigenvalue weighted by Gasteiger charge is 2.44. The molecule has 0 saturated carbocycles. The van der Waals surface area contributed by atoms with Crippen LogP contribution in [0.2, 0.25) is 0 Å². The molecular weight excluding hydrogens is 225 g/mol. The molecule has 0 bridgehead atoms. The smallest absolute Gasteiger partial charge is 0.402 e. The predicted molar refractivity (Wildman–Crippen MR) is 49.0 cm³/mol. The van der Waals surface area contributed by atoms with Gasteiger partial charge in [-0.15, -0.1) is 0 Å². The number of halogens is 3. The summed E-state index contributed by atoms with van der Waals surface area (Å²) in [7, 11) is 0. The van der Waals surface area contributed by atoms with Crippen LogP contribution in [0.1, 0.15) is 5.56 Å². The summed E-state index contributed by atoms with van der Waals surface area (Å²) in [6.07, 6.45) is -5.41. The Morgan fingerprint density at radius 1 is 1.25 bits per heavy atom.